The number of anilines is 1. The van der Waals surface area contributed by atoms with E-state index in [-0.39, 0.29) is 17.2 Å². The first-order chi connectivity index (χ1) is 12.4. The van der Waals surface area contributed by atoms with E-state index in [1.54, 1.807) is 0 Å². The van der Waals surface area contributed by atoms with E-state index < -0.39 is 14.9 Å². The zero-order valence-corrected chi connectivity index (χ0v) is 14.8. The number of sulfonamides is 1. The molecular formula is C17H19N3O5S. The van der Waals surface area contributed by atoms with Gasteiger partial charge in [-0.1, -0.05) is 18.2 Å². The maximum absolute atomic E-state index is 12.7. The summed E-state index contributed by atoms with van der Waals surface area (Å²) in [7, 11) is -3.69. The largest absolute Gasteiger partial charge is 0.392 e. The van der Waals surface area contributed by atoms with E-state index in [1.807, 2.05) is 29.2 Å². The summed E-state index contributed by atoms with van der Waals surface area (Å²) in [4.78, 5) is 12.2. The van der Waals surface area contributed by atoms with Crippen molar-refractivity contribution in [2.24, 2.45) is 0 Å². The van der Waals surface area contributed by atoms with Crippen LogP contribution in [0.3, 0.4) is 0 Å². The first kappa shape index (κ1) is 18.3. The second-order valence-electron chi connectivity index (χ2n) is 5.93. The molecule has 9 heteroatoms. The Morgan fingerprint density at radius 3 is 2.19 bits per heavy atom. The van der Waals surface area contributed by atoms with Crippen LogP contribution in [0.1, 0.15) is 5.56 Å². The standard InChI is InChI=1S/C17H19N3O5S/c21-13-14-3-1-2-4-17(14)18-9-11-19(12-10-18)26(24,25)16-7-5-15(6-8-16)20(22)23/h1-8,21H,9-13H2. The number of piperazine rings is 1. The van der Waals surface area contributed by atoms with Gasteiger partial charge in [-0.15, -0.1) is 0 Å². The maximum Gasteiger partial charge on any atom is 0.269 e. The van der Waals surface area contributed by atoms with Crippen LogP contribution in [-0.2, 0) is 16.6 Å². The van der Waals surface area contributed by atoms with Gasteiger partial charge < -0.3 is 10.0 Å². The Morgan fingerprint density at radius 1 is 1.00 bits per heavy atom. The minimum Gasteiger partial charge on any atom is -0.392 e. The second kappa shape index (κ2) is 7.40. The Balaban J connectivity index is 1.73. The molecular weight excluding hydrogens is 358 g/mol. The first-order valence-corrected chi connectivity index (χ1v) is 9.56. The van der Waals surface area contributed by atoms with Gasteiger partial charge in [-0.05, 0) is 18.2 Å². The molecule has 8 nitrogen and oxygen atoms in total. The molecule has 0 amide bonds. The summed E-state index contributed by atoms with van der Waals surface area (Å²) in [6.45, 7) is 1.54. The Labute approximate surface area is 151 Å². The molecule has 26 heavy (non-hydrogen) atoms. The van der Waals surface area contributed by atoms with Crippen LogP contribution in [0.15, 0.2) is 53.4 Å². The van der Waals surface area contributed by atoms with Gasteiger partial charge in [0.25, 0.3) is 5.69 Å². The van der Waals surface area contributed by atoms with Crippen LogP contribution in [0.5, 0.6) is 0 Å². The molecule has 0 aromatic heterocycles. The summed E-state index contributed by atoms with van der Waals surface area (Å²) in [5.74, 6) is 0. The van der Waals surface area contributed by atoms with Crippen molar-refractivity contribution >= 4 is 21.4 Å². The monoisotopic (exact) mass is 377 g/mol. The highest BCUT2D eigenvalue weighted by Gasteiger charge is 2.29. The maximum atomic E-state index is 12.7. The lowest BCUT2D eigenvalue weighted by Crippen LogP contribution is -2.48. The van der Waals surface area contributed by atoms with Crippen LogP contribution >= 0.6 is 0 Å². The van der Waals surface area contributed by atoms with Gasteiger partial charge in [0.2, 0.25) is 10.0 Å². The summed E-state index contributed by atoms with van der Waals surface area (Å²) in [5.41, 5.74) is 1.57. The molecule has 0 saturated carbocycles. The van der Waals surface area contributed by atoms with Crippen LogP contribution in [0.4, 0.5) is 11.4 Å². The molecule has 0 spiro atoms. The van der Waals surface area contributed by atoms with E-state index in [1.165, 1.54) is 28.6 Å². The van der Waals surface area contributed by atoms with E-state index in [2.05, 4.69) is 0 Å². The molecule has 1 heterocycles. The quantitative estimate of drug-likeness (QED) is 0.627. The third-order valence-corrected chi connectivity index (χ3v) is 6.34. The van der Waals surface area contributed by atoms with Crippen LogP contribution < -0.4 is 4.90 Å². The van der Waals surface area contributed by atoms with Crippen molar-refractivity contribution in [2.75, 3.05) is 31.1 Å². The Kier molecular flexibility index (Phi) is 5.21. The lowest BCUT2D eigenvalue weighted by atomic mass is 10.1. The fourth-order valence-corrected chi connectivity index (χ4v) is 4.43. The molecule has 2 aromatic carbocycles. The highest BCUT2D eigenvalue weighted by Crippen LogP contribution is 2.25. The minimum atomic E-state index is -3.69. The second-order valence-corrected chi connectivity index (χ2v) is 7.87. The summed E-state index contributed by atoms with van der Waals surface area (Å²) < 4.78 is 26.8. The van der Waals surface area contributed by atoms with Gasteiger partial charge in [0, 0.05) is 49.6 Å². The van der Waals surface area contributed by atoms with Gasteiger partial charge in [-0.25, -0.2) is 8.42 Å². The first-order valence-electron chi connectivity index (χ1n) is 8.12. The Bertz CT molecular complexity index is 891. The average molecular weight is 377 g/mol. The predicted molar refractivity (Wildman–Crippen MR) is 96.4 cm³/mol. The molecule has 0 bridgehead atoms. The Morgan fingerprint density at radius 2 is 1.62 bits per heavy atom. The summed E-state index contributed by atoms with van der Waals surface area (Å²) in [6.07, 6.45) is 0. The van der Waals surface area contributed by atoms with Crippen LogP contribution in [0.2, 0.25) is 0 Å². The van der Waals surface area contributed by atoms with Crippen molar-refractivity contribution in [3.8, 4) is 0 Å². The number of hydrogen-bond donors (Lipinski definition) is 1. The lowest BCUT2D eigenvalue weighted by Gasteiger charge is -2.36. The highest BCUT2D eigenvalue weighted by molar-refractivity contribution is 7.89. The number of aliphatic hydroxyl groups is 1. The smallest absolute Gasteiger partial charge is 0.269 e. The molecule has 1 fully saturated rings. The van der Waals surface area contributed by atoms with Gasteiger partial charge in [0.15, 0.2) is 0 Å². The number of rotatable bonds is 5. The number of nitrogens with zero attached hydrogens (tertiary/aromatic N) is 3. The molecule has 0 aliphatic carbocycles. The van der Waals surface area contributed by atoms with Crippen molar-refractivity contribution in [3.05, 3.63) is 64.2 Å². The van der Waals surface area contributed by atoms with Gasteiger partial charge in [0.05, 0.1) is 16.4 Å². The number of para-hydroxylation sites is 1. The van der Waals surface area contributed by atoms with Crippen molar-refractivity contribution in [1.82, 2.24) is 4.31 Å². The molecule has 0 atom stereocenters. The number of nitro groups is 1. The molecule has 3 rings (SSSR count). The van der Waals surface area contributed by atoms with Crippen LogP contribution in [0, 0.1) is 10.1 Å². The van der Waals surface area contributed by atoms with Gasteiger partial charge in [-0.3, -0.25) is 10.1 Å². The molecule has 0 radical (unpaired) electrons. The molecule has 138 valence electrons. The minimum absolute atomic E-state index is 0.0484. The average Bonchev–Trinajstić information content (AvgIpc) is 2.68. The highest BCUT2D eigenvalue weighted by atomic mass is 32.2. The van der Waals surface area contributed by atoms with E-state index >= 15 is 0 Å². The predicted octanol–water partition coefficient (Wildman–Crippen LogP) is 1.60. The fraction of sp³-hybridized carbons (Fsp3) is 0.294. The molecule has 0 unspecified atom stereocenters. The zero-order valence-electron chi connectivity index (χ0n) is 14.0. The summed E-state index contributed by atoms with van der Waals surface area (Å²) in [5, 5.41) is 20.2. The van der Waals surface area contributed by atoms with E-state index in [9.17, 15) is 23.6 Å². The van der Waals surface area contributed by atoms with Gasteiger partial charge >= 0.3 is 0 Å². The topological polar surface area (TPSA) is 104 Å². The van der Waals surface area contributed by atoms with Gasteiger partial charge in [0.1, 0.15) is 0 Å². The number of hydrogen-bond acceptors (Lipinski definition) is 6. The summed E-state index contributed by atoms with van der Waals surface area (Å²) >= 11 is 0. The van der Waals surface area contributed by atoms with E-state index in [0.717, 1.165) is 11.3 Å². The lowest BCUT2D eigenvalue weighted by molar-refractivity contribution is -0.384. The van der Waals surface area contributed by atoms with Crippen molar-refractivity contribution < 1.29 is 18.4 Å². The summed E-state index contributed by atoms with van der Waals surface area (Å²) in [6, 6.07) is 12.4. The number of aliphatic hydroxyl groups excluding tert-OH is 1. The van der Waals surface area contributed by atoms with E-state index in [0.29, 0.717) is 26.2 Å². The third kappa shape index (κ3) is 3.55. The Hall–Kier alpha value is -2.49. The van der Waals surface area contributed by atoms with Crippen molar-refractivity contribution in [1.29, 1.82) is 0 Å². The van der Waals surface area contributed by atoms with Crippen LogP contribution in [0.25, 0.3) is 0 Å². The number of nitro benzene ring substituents is 1. The fourth-order valence-electron chi connectivity index (χ4n) is 3.01. The zero-order chi connectivity index (χ0) is 18.7. The number of non-ortho nitro benzene ring substituents is 1. The SMILES string of the molecule is O=[N+]([O-])c1ccc(S(=O)(=O)N2CCN(c3ccccc3CO)CC2)cc1. The molecule has 1 aliphatic rings. The van der Waals surface area contributed by atoms with Crippen molar-refractivity contribution in [3.63, 3.8) is 0 Å². The molecule has 1 N–H and O–H groups in total. The van der Waals surface area contributed by atoms with Crippen molar-refractivity contribution in [2.45, 2.75) is 11.5 Å². The number of benzene rings is 2. The normalized spacial score (nSPS) is 15.8. The molecule has 2 aromatic rings. The molecule has 1 aliphatic heterocycles. The van der Waals surface area contributed by atoms with Crippen LogP contribution in [-0.4, -0.2) is 48.9 Å². The van der Waals surface area contributed by atoms with E-state index in [4.69, 9.17) is 0 Å². The third-order valence-electron chi connectivity index (χ3n) is 4.43. The molecule has 1 saturated heterocycles. The van der Waals surface area contributed by atoms with Gasteiger partial charge in [-0.2, -0.15) is 4.31 Å².